The van der Waals surface area contributed by atoms with Gasteiger partial charge in [-0.05, 0) is 47.0 Å². The molecule has 0 spiro atoms. The van der Waals surface area contributed by atoms with Gasteiger partial charge in [0.05, 0.1) is 11.4 Å². The van der Waals surface area contributed by atoms with Gasteiger partial charge in [0.2, 0.25) is 16.0 Å². The summed E-state index contributed by atoms with van der Waals surface area (Å²) < 4.78 is 30.0. The Labute approximate surface area is 185 Å². The average molecular weight is 448 g/mol. The number of aromatic nitrogens is 4. The summed E-state index contributed by atoms with van der Waals surface area (Å²) in [6.07, 6.45) is 3.67. The van der Waals surface area contributed by atoms with Crippen LogP contribution in [0, 0.1) is 20.8 Å². The topological polar surface area (TPSA) is 87.5 Å². The van der Waals surface area contributed by atoms with Crippen molar-refractivity contribution < 1.29 is 8.42 Å². The zero-order valence-corrected chi connectivity index (χ0v) is 19.8. The van der Waals surface area contributed by atoms with Gasteiger partial charge in [-0.15, -0.1) is 0 Å². The predicted octanol–water partition coefficient (Wildman–Crippen LogP) is 2.12. The molecule has 0 bridgehead atoms. The molecule has 0 aromatic carbocycles. The molecule has 0 unspecified atom stereocenters. The molecule has 31 heavy (non-hydrogen) atoms. The van der Waals surface area contributed by atoms with Crippen LogP contribution in [0.3, 0.4) is 0 Å². The van der Waals surface area contributed by atoms with E-state index in [0.29, 0.717) is 55.0 Å². The van der Waals surface area contributed by atoms with Gasteiger partial charge in [-0.1, -0.05) is 0 Å². The molecule has 2 aliphatic rings. The molecule has 0 aliphatic carbocycles. The smallest absolute Gasteiger partial charge is 0.246 e. The summed E-state index contributed by atoms with van der Waals surface area (Å²) in [6, 6.07) is 2.05. The number of piperazine rings is 1. The van der Waals surface area contributed by atoms with Crippen molar-refractivity contribution in [2.75, 3.05) is 49.1 Å². The molecular weight excluding hydrogens is 414 g/mol. The fourth-order valence-electron chi connectivity index (χ4n) is 4.58. The van der Waals surface area contributed by atoms with Crippen molar-refractivity contribution in [1.29, 1.82) is 0 Å². The van der Waals surface area contributed by atoms with E-state index in [0.717, 1.165) is 24.6 Å². The summed E-state index contributed by atoms with van der Waals surface area (Å²) in [4.78, 5) is 14.3. The Morgan fingerprint density at radius 2 is 1.58 bits per heavy atom. The number of hydrogen-bond acceptors (Lipinski definition) is 7. The van der Waals surface area contributed by atoms with E-state index in [1.54, 1.807) is 15.9 Å². The monoisotopic (exact) mass is 447 g/mol. The number of piperidine rings is 1. The van der Waals surface area contributed by atoms with Gasteiger partial charge in [0.15, 0.2) is 0 Å². The molecule has 9 nitrogen and oxygen atoms in total. The first-order chi connectivity index (χ1) is 14.8. The molecular formula is C21H33N7O2S. The van der Waals surface area contributed by atoms with Crippen LogP contribution in [-0.4, -0.2) is 71.7 Å². The summed E-state index contributed by atoms with van der Waals surface area (Å²) in [6.45, 7) is 12.2. The van der Waals surface area contributed by atoms with Crippen molar-refractivity contribution in [3.63, 3.8) is 0 Å². The summed E-state index contributed by atoms with van der Waals surface area (Å²) in [5, 5.41) is 4.39. The Hall–Kier alpha value is -2.20. The lowest BCUT2D eigenvalue weighted by atomic mass is 10.1. The zero-order valence-electron chi connectivity index (χ0n) is 19.0. The highest BCUT2D eigenvalue weighted by molar-refractivity contribution is 7.89. The number of anilines is 2. The van der Waals surface area contributed by atoms with E-state index >= 15 is 0 Å². The Morgan fingerprint density at radius 1 is 0.903 bits per heavy atom. The summed E-state index contributed by atoms with van der Waals surface area (Å²) in [5.41, 5.74) is 2.21. The van der Waals surface area contributed by atoms with Crippen LogP contribution in [0.2, 0.25) is 0 Å². The Bertz CT molecular complexity index is 1040. The quantitative estimate of drug-likeness (QED) is 0.694. The van der Waals surface area contributed by atoms with Gasteiger partial charge in [0, 0.05) is 57.6 Å². The van der Waals surface area contributed by atoms with Gasteiger partial charge in [-0.25, -0.2) is 13.4 Å². The van der Waals surface area contributed by atoms with Crippen LogP contribution in [0.4, 0.5) is 11.8 Å². The van der Waals surface area contributed by atoms with E-state index in [9.17, 15) is 8.42 Å². The van der Waals surface area contributed by atoms with Crippen molar-refractivity contribution in [2.45, 2.75) is 58.4 Å². The minimum atomic E-state index is -3.58. The zero-order chi connectivity index (χ0) is 22.2. The summed E-state index contributed by atoms with van der Waals surface area (Å²) in [7, 11) is -3.58. The van der Waals surface area contributed by atoms with Crippen molar-refractivity contribution >= 4 is 21.8 Å². The van der Waals surface area contributed by atoms with Crippen LogP contribution in [0.5, 0.6) is 0 Å². The molecule has 0 amide bonds. The van der Waals surface area contributed by atoms with Crippen molar-refractivity contribution in [3.05, 3.63) is 23.1 Å². The van der Waals surface area contributed by atoms with Crippen LogP contribution in [-0.2, 0) is 16.6 Å². The molecule has 2 aromatic heterocycles. The van der Waals surface area contributed by atoms with Crippen molar-refractivity contribution in [1.82, 2.24) is 24.1 Å². The molecule has 4 heterocycles. The number of hydrogen-bond donors (Lipinski definition) is 0. The molecule has 2 aromatic rings. The van der Waals surface area contributed by atoms with E-state index in [-0.39, 0.29) is 0 Å². The highest BCUT2D eigenvalue weighted by atomic mass is 32.2. The highest BCUT2D eigenvalue weighted by Crippen LogP contribution is 2.26. The predicted molar refractivity (Wildman–Crippen MR) is 121 cm³/mol. The standard InChI is InChI=1S/C21H33N7O2S/c1-5-28-18(4)20(17(3)24-28)31(29,30)27-13-11-26(12-14-27)21-22-16(2)15-19(23-21)25-9-7-6-8-10-25/h15H,5-14H2,1-4H3. The van der Waals surface area contributed by atoms with Gasteiger partial charge in [0.1, 0.15) is 10.7 Å². The van der Waals surface area contributed by atoms with E-state index in [1.807, 2.05) is 26.8 Å². The van der Waals surface area contributed by atoms with Gasteiger partial charge in [-0.3, -0.25) is 4.68 Å². The fraction of sp³-hybridized carbons (Fsp3) is 0.667. The molecule has 2 aliphatic heterocycles. The average Bonchev–Trinajstić information content (AvgIpc) is 3.07. The normalized spacial score (nSPS) is 18.6. The molecule has 0 N–H and O–H groups in total. The van der Waals surface area contributed by atoms with Crippen LogP contribution >= 0.6 is 0 Å². The van der Waals surface area contributed by atoms with Gasteiger partial charge in [0.25, 0.3) is 0 Å². The minimum absolute atomic E-state index is 0.349. The Kier molecular flexibility index (Phi) is 6.20. The van der Waals surface area contributed by atoms with E-state index < -0.39 is 10.0 Å². The van der Waals surface area contributed by atoms with Crippen LogP contribution < -0.4 is 9.80 Å². The van der Waals surface area contributed by atoms with Crippen LogP contribution in [0.1, 0.15) is 43.3 Å². The number of nitrogens with zero attached hydrogens (tertiary/aromatic N) is 7. The third-order valence-electron chi connectivity index (χ3n) is 6.24. The second-order valence-corrected chi connectivity index (χ2v) is 10.3. The molecule has 10 heteroatoms. The second-order valence-electron chi connectivity index (χ2n) is 8.42. The molecule has 170 valence electrons. The lowest BCUT2D eigenvalue weighted by Gasteiger charge is -2.35. The first-order valence-electron chi connectivity index (χ1n) is 11.2. The van der Waals surface area contributed by atoms with Gasteiger partial charge in [-0.2, -0.15) is 14.4 Å². The van der Waals surface area contributed by atoms with Crippen molar-refractivity contribution in [3.8, 4) is 0 Å². The second kappa shape index (κ2) is 8.74. The van der Waals surface area contributed by atoms with Crippen molar-refractivity contribution in [2.24, 2.45) is 0 Å². The number of sulfonamides is 1. The van der Waals surface area contributed by atoms with Crippen LogP contribution in [0.15, 0.2) is 11.0 Å². The van der Waals surface area contributed by atoms with E-state index in [4.69, 9.17) is 4.98 Å². The molecule has 4 rings (SSSR count). The third kappa shape index (κ3) is 4.27. The van der Waals surface area contributed by atoms with E-state index in [1.165, 1.54) is 19.3 Å². The minimum Gasteiger partial charge on any atom is -0.356 e. The maximum atomic E-state index is 13.3. The maximum absolute atomic E-state index is 13.3. The fourth-order valence-corrected chi connectivity index (χ4v) is 6.38. The first kappa shape index (κ1) is 22.0. The Morgan fingerprint density at radius 3 is 2.19 bits per heavy atom. The number of aryl methyl sites for hydroxylation is 3. The van der Waals surface area contributed by atoms with Gasteiger partial charge < -0.3 is 9.80 Å². The highest BCUT2D eigenvalue weighted by Gasteiger charge is 2.33. The van der Waals surface area contributed by atoms with Crippen LogP contribution in [0.25, 0.3) is 0 Å². The molecule has 0 radical (unpaired) electrons. The largest absolute Gasteiger partial charge is 0.356 e. The molecule has 0 atom stereocenters. The lowest BCUT2D eigenvalue weighted by Crippen LogP contribution is -2.49. The Balaban J connectivity index is 1.50. The lowest BCUT2D eigenvalue weighted by molar-refractivity contribution is 0.382. The molecule has 2 fully saturated rings. The van der Waals surface area contributed by atoms with Gasteiger partial charge >= 0.3 is 0 Å². The SMILES string of the molecule is CCn1nc(C)c(S(=O)(=O)N2CCN(c3nc(C)cc(N4CCCCC4)n3)CC2)c1C. The van der Waals surface area contributed by atoms with E-state index in [2.05, 4.69) is 19.9 Å². The number of rotatable bonds is 5. The first-order valence-corrected chi connectivity index (χ1v) is 12.6. The third-order valence-corrected chi connectivity index (χ3v) is 8.39. The maximum Gasteiger partial charge on any atom is 0.246 e. The molecule has 2 saturated heterocycles. The molecule has 0 saturated carbocycles. The summed E-state index contributed by atoms with van der Waals surface area (Å²) in [5.74, 6) is 1.68. The summed E-state index contributed by atoms with van der Waals surface area (Å²) >= 11 is 0.